The third-order valence-corrected chi connectivity index (χ3v) is 3.93. The lowest BCUT2D eigenvalue weighted by atomic mass is 9.94. The van der Waals surface area contributed by atoms with Crippen LogP contribution in [0, 0.1) is 13.8 Å². The van der Waals surface area contributed by atoms with Crippen LogP contribution in [0.15, 0.2) is 42.5 Å². The molecule has 1 atom stereocenters. The topological polar surface area (TPSA) is 21.3 Å². The Kier molecular flexibility index (Phi) is 5.27. The zero-order valence-corrected chi connectivity index (χ0v) is 13.4. The van der Waals surface area contributed by atoms with Crippen LogP contribution in [0.3, 0.4) is 0 Å². The third kappa shape index (κ3) is 3.58. The predicted molar refractivity (Wildman–Crippen MR) is 89.3 cm³/mol. The van der Waals surface area contributed by atoms with E-state index in [2.05, 4.69) is 43.4 Å². The monoisotopic (exact) mass is 303 g/mol. The maximum Gasteiger partial charge on any atom is 0.125 e. The number of aryl methyl sites for hydroxylation is 2. The number of nitrogens with one attached hydrogen (secondary N) is 1. The van der Waals surface area contributed by atoms with Crippen molar-refractivity contribution in [2.75, 3.05) is 6.54 Å². The van der Waals surface area contributed by atoms with Crippen molar-refractivity contribution in [2.45, 2.75) is 32.9 Å². The fourth-order valence-corrected chi connectivity index (χ4v) is 2.72. The van der Waals surface area contributed by atoms with Crippen LogP contribution in [-0.4, -0.2) is 6.54 Å². The van der Waals surface area contributed by atoms with Gasteiger partial charge < -0.3 is 10.1 Å². The van der Waals surface area contributed by atoms with Gasteiger partial charge in [0.1, 0.15) is 12.4 Å². The molecular formula is C18H22ClNO. The average Bonchev–Trinajstić information content (AvgIpc) is 2.37. The molecule has 1 heterocycles. The Labute approximate surface area is 132 Å². The predicted octanol–water partition coefficient (Wildman–Crippen LogP) is 4.34. The number of rotatable bonds is 4. The van der Waals surface area contributed by atoms with Crippen LogP contribution in [0.5, 0.6) is 5.75 Å². The summed E-state index contributed by atoms with van der Waals surface area (Å²) >= 11 is 0. The van der Waals surface area contributed by atoms with Gasteiger partial charge in [0.2, 0.25) is 0 Å². The van der Waals surface area contributed by atoms with E-state index in [1.807, 2.05) is 18.2 Å². The fourth-order valence-electron chi connectivity index (χ4n) is 2.72. The molecule has 1 fully saturated rings. The molecule has 3 heteroatoms. The second-order valence-corrected chi connectivity index (χ2v) is 5.55. The molecular weight excluding hydrogens is 282 g/mol. The Morgan fingerprint density at radius 3 is 2.24 bits per heavy atom. The lowest BCUT2D eigenvalue weighted by Gasteiger charge is -2.29. The summed E-state index contributed by atoms with van der Waals surface area (Å²) in [6.07, 6.45) is 1.24. The van der Waals surface area contributed by atoms with Gasteiger partial charge in [-0.05, 0) is 49.1 Å². The van der Waals surface area contributed by atoms with E-state index in [-0.39, 0.29) is 12.4 Å². The molecule has 21 heavy (non-hydrogen) atoms. The van der Waals surface area contributed by atoms with Crippen molar-refractivity contribution in [3.63, 3.8) is 0 Å². The summed E-state index contributed by atoms with van der Waals surface area (Å²) in [4.78, 5) is 0. The number of benzene rings is 2. The largest absolute Gasteiger partial charge is 0.488 e. The molecule has 1 saturated heterocycles. The van der Waals surface area contributed by atoms with E-state index in [4.69, 9.17) is 4.74 Å². The molecule has 0 amide bonds. The van der Waals surface area contributed by atoms with Crippen molar-refractivity contribution in [1.82, 2.24) is 5.32 Å². The zero-order chi connectivity index (χ0) is 13.9. The lowest BCUT2D eigenvalue weighted by Crippen LogP contribution is -2.35. The van der Waals surface area contributed by atoms with Crippen molar-refractivity contribution in [1.29, 1.82) is 0 Å². The van der Waals surface area contributed by atoms with Gasteiger partial charge in [0.25, 0.3) is 0 Å². The number of ether oxygens (including phenoxy) is 1. The molecule has 1 N–H and O–H groups in total. The zero-order valence-electron chi connectivity index (χ0n) is 12.6. The Balaban J connectivity index is 0.00000161. The average molecular weight is 304 g/mol. The Hall–Kier alpha value is -1.51. The third-order valence-electron chi connectivity index (χ3n) is 3.93. The van der Waals surface area contributed by atoms with Crippen molar-refractivity contribution in [3.8, 4) is 5.75 Å². The van der Waals surface area contributed by atoms with E-state index >= 15 is 0 Å². The second-order valence-electron chi connectivity index (χ2n) is 5.55. The van der Waals surface area contributed by atoms with Gasteiger partial charge in [-0.1, -0.05) is 42.5 Å². The lowest BCUT2D eigenvalue weighted by molar-refractivity contribution is 0.301. The van der Waals surface area contributed by atoms with Crippen LogP contribution < -0.4 is 10.1 Å². The highest BCUT2D eigenvalue weighted by atomic mass is 35.5. The molecule has 3 rings (SSSR count). The summed E-state index contributed by atoms with van der Waals surface area (Å²) in [6, 6.07) is 15.4. The fraction of sp³-hybridized carbons (Fsp3) is 0.333. The van der Waals surface area contributed by atoms with E-state index < -0.39 is 0 Å². The standard InChI is InChI=1S/C18H21NO.ClH/c1-13-10-16(17-8-9-19-17)11-14(2)18(13)20-12-15-6-4-3-5-7-15;/h3-7,10-11,17,19H,8-9,12H2,1-2H3;1H/t17-;/m1./s1. The number of hydrogen-bond donors (Lipinski definition) is 1. The van der Waals surface area contributed by atoms with Gasteiger partial charge in [0, 0.05) is 6.04 Å². The van der Waals surface area contributed by atoms with Gasteiger partial charge in [-0.15, -0.1) is 12.4 Å². The van der Waals surface area contributed by atoms with E-state index in [0.717, 1.165) is 12.3 Å². The van der Waals surface area contributed by atoms with E-state index in [1.54, 1.807) is 0 Å². The van der Waals surface area contributed by atoms with Crippen LogP contribution >= 0.6 is 12.4 Å². The summed E-state index contributed by atoms with van der Waals surface area (Å²) < 4.78 is 6.02. The van der Waals surface area contributed by atoms with Crippen LogP contribution in [-0.2, 0) is 6.61 Å². The molecule has 0 unspecified atom stereocenters. The first kappa shape index (κ1) is 15.9. The Morgan fingerprint density at radius 2 is 1.71 bits per heavy atom. The Bertz CT molecular complexity index is 570. The van der Waals surface area contributed by atoms with Crippen LogP contribution in [0.25, 0.3) is 0 Å². The smallest absolute Gasteiger partial charge is 0.125 e. The molecule has 0 saturated carbocycles. The van der Waals surface area contributed by atoms with E-state index in [1.165, 1.54) is 28.7 Å². The van der Waals surface area contributed by atoms with Gasteiger partial charge in [-0.2, -0.15) is 0 Å². The first-order valence-corrected chi connectivity index (χ1v) is 7.25. The minimum absolute atomic E-state index is 0. The van der Waals surface area contributed by atoms with Gasteiger partial charge in [-0.25, -0.2) is 0 Å². The summed E-state index contributed by atoms with van der Waals surface area (Å²) in [6.45, 7) is 6.03. The quantitative estimate of drug-likeness (QED) is 0.907. The Morgan fingerprint density at radius 1 is 1.10 bits per heavy atom. The first-order valence-electron chi connectivity index (χ1n) is 7.25. The SMILES string of the molecule is Cc1cc([C@H]2CCN2)cc(C)c1OCc1ccccc1.Cl. The van der Waals surface area contributed by atoms with Crippen molar-refractivity contribution in [3.05, 3.63) is 64.7 Å². The number of halogens is 1. The summed E-state index contributed by atoms with van der Waals surface area (Å²) in [7, 11) is 0. The van der Waals surface area contributed by atoms with Gasteiger partial charge in [0.05, 0.1) is 0 Å². The summed E-state index contributed by atoms with van der Waals surface area (Å²) in [5, 5.41) is 3.45. The highest BCUT2D eigenvalue weighted by Gasteiger charge is 2.20. The molecule has 0 aliphatic carbocycles. The molecule has 2 nitrogen and oxygen atoms in total. The van der Waals surface area contributed by atoms with Crippen molar-refractivity contribution in [2.24, 2.45) is 0 Å². The van der Waals surface area contributed by atoms with Gasteiger partial charge >= 0.3 is 0 Å². The van der Waals surface area contributed by atoms with Crippen LogP contribution in [0.2, 0.25) is 0 Å². The van der Waals surface area contributed by atoms with Gasteiger partial charge in [0.15, 0.2) is 0 Å². The minimum atomic E-state index is 0. The normalized spacial score (nSPS) is 16.8. The van der Waals surface area contributed by atoms with Crippen molar-refractivity contribution >= 4 is 12.4 Å². The molecule has 0 spiro atoms. The first-order chi connectivity index (χ1) is 9.74. The van der Waals surface area contributed by atoms with Crippen LogP contribution in [0.1, 0.15) is 34.7 Å². The molecule has 1 aliphatic heterocycles. The van der Waals surface area contributed by atoms with Crippen LogP contribution in [0.4, 0.5) is 0 Å². The summed E-state index contributed by atoms with van der Waals surface area (Å²) in [5.41, 5.74) is 5.05. The molecule has 2 aromatic rings. The van der Waals surface area contributed by atoms with E-state index in [9.17, 15) is 0 Å². The van der Waals surface area contributed by atoms with E-state index in [0.29, 0.717) is 12.6 Å². The highest BCUT2D eigenvalue weighted by molar-refractivity contribution is 5.85. The molecule has 0 aromatic heterocycles. The summed E-state index contributed by atoms with van der Waals surface area (Å²) in [5.74, 6) is 1.02. The molecule has 0 radical (unpaired) electrons. The maximum atomic E-state index is 6.02. The van der Waals surface area contributed by atoms with Crippen molar-refractivity contribution < 1.29 is 4.74 Å². The molecule has 1 aliphatic rings. The molecule has 2 aromatic carbocycles. The maximum absolute atomic E-state index is 6.02. The highest BCUT2D eigenvalue weighted by Crippen LogP contribution is 2.31. The second kappa shape index (κ2) is 6.97. The minimum Gasteiger partial charge on any atom is -0.488 e. The van der Waals surface area contributed by atoms with Gasteiger partial charge in [-0.3, -0.25) is 0 Å². The molecule has 0 bridgehead atoms. The molecule has 112 valence electrons. The number of hydrogen-bond acceptors (Lipinski definition) is 2.